The summed E-state index contributed by atoms with van der Waals surface area (Å²) in [6.45, 7) is 12.6. The summed E-state index contributed by atoms with van der Waals surface area (Å²) in [6.07, 6.45) is 6.93. The van der Waals surface area contributed by atoms with Crippen LogP contribution in [0, 0.1) is 23.2 Å². The van der Waals surface area contributed by atoms with Crippen molar-refractivity contribution in [3.05, 3.63) is 12.2 Å². The highest BCUT2D eigenvalue weighted by atomic mass is 79.9. The molecule has 3 unspecified atom stereocenters. The molecule has 1 saturated heterocycles. The molecule has 2 bridgehead atoms. The second-order valence-corrected chi connectivity index (χ2v) is 14.9. The van der Waals surface area contributed by atoms with E-state index in [1.807, 2.05) is 0 Å². The summed E-state index contributed by atoms with van der Waals surface area (Å²) >= 11 is 3.94. The van der Waals surface area contributed by atoms with Gasteiger partial charge in [0.15, 0.2) is 8.32 Å². The summed E-state index contributed by atoms with van der Waals surface area (Å²) in [5, 5.41) is 0.283. The molecule has 21 heavy (non-hydrogen) atoms. The summed E-state index contributed by atoms with van der Waals surface area (Å²) in [7, 11) is -1.69. The van der Waals surface area contributed by atoms with Gasteiger partial charge in [0.05, 0.1) is 12.2 Å². The second kappa shape index (κ2) is 4.25. The Kier molecular flexibility index (Phi) is 3.02. The van der Waals surface area contributed by atoms with E-state index in [1.54, 1.807) is 0 Å². The van der Waals surface area contributed by atoms with Crippen molar-refractivity contribution in [3.8, 4) is 0 Å². The highest BCUT2D eigenvalue weighted by Crippen LogP contribution is 2.70. The Labute approximate surface area is 137 Å². The van der Waals surface area contributed by atoms with Crippen molar-refractivity contribution >= 4 is 24.2 Å². The van der Waals surface area contributed by atoms with Gasteiger partial charge < -0.3 is 9.16 Å². The maximum Gasteiger partial charge on any atom is 0.192 e. The fraction of sp³-hybridized carbons (Fsp3) is 0.882. The molecule has 0 aromatic heterocycles. The van der Waals surface area contributed by atoms with Gasteiger partial charge in [0.1, 0.15) is 0 Å². The second-order valence-electron chi connectivity index (χ2n) is 9.06. The minimum atomic E-state index is -1.69. The molecule has 0 spiro atoms. The Morgan fingerprint density at radius 2 is 2.10 bits per heavy atom. The Hall–Kier alpha value is 0.357. The van der Waals surface area contributed by atoms with Crippen molar-refractivity contribution in [2.75, 3.05) is 6.61 Å². The van der Waals surface area contributed by atoms with Crippen LogP contribution in [0.5, 0.6) is 0 Å². The highest BCUT2D eigenvalue weighted by molar-refractivity contribution is 9.09. The third-order valence-corrected chi connectivity index (χ3v) is 12.8. The van der Waals surface area contributed by atoms with Crippen molar-refractivity contribution < 1.29 is 9.16 Å². The van der Waals surface area contributed by atoms with E-state index in [2.05, 4.69) is 61.9 Å². The predicted octanol–water partition coefficient (Wildman–Crippen LogP) is 4.36. The van der Waals surface area contributed by atoms with Crippen LogP contribution in [0.3, 0.4) is 0 Å². The van der Waals surface area contributed by atoms with Crippen molar-refractivity contribution in [3.63, 3.8) is 0 Å². The van der Waals surface area contributed by atoms with Gasteiger partial charge in [0.2, 0.25) is 0 Å². The first-order valence-electron chi connectivity index (χ1n) is 8.30. The van der Waals surface area contributed by atoms with E-state index in [0.29, 0.717) is 28.9 Å². The zero-order chi connectivity index (χ0) is 15.2. The lowest BCUT2D eigenvalue weighted by atomic mass is 9.68. The number of hydrogen-bond acceptors (Lipinski definition) is 2. The summed E-state index contributed by atoms with van der Waals surface area (Å²) in [5.74, 6) is 2.14. The zero-order valence-corrected chi connectivity index (χ0v) is 16.3. The van der Waals surface area contributed by atoms with Gasteiger partial charge in [-0.3, -0.25) is 0 Å². The number of fused-ring (bicyclic) bond motifs is 2. The first kappa shape index (κ1) is 14.9. The average Bonchev–Trinajstić information content (AvgIpc) is 3.03. The van der Waals surface area contributed by atoms with Crippen molar-refractivity contribution in [2.24, 2.45) is 23.2 Å². The molecular formula is C17H27BrO2Si. The molecule has 2 saturated carbocycles. The molecule has 1 heterocycles. The Bertz CT molecular complexity index is 498. The number of halogens is 1. The maximum absolute atomic E-state index is 6.66. The number of hydrogen-bond donors (Lipinski definition) is 0. The van der Waals surface area contributed by atoms with E-state index >= 15 is 0 Å². The van der Waals surface area contributed by atoms with Gasteiger partial charge >= 0.3 is 0 Å². The van der Waals surface area contributed by atoms with E-state index in [1.165, 1.54) is 6.42 Å². The summed E-state index contributed by atoms with van der Waals surface area (Å²) in [5.41, 5.74) is 0.242. The lowest BCUT2D eigenvalue weighted by molar-refractivity contribution is 0.0694. The van der Waals surface area contributed by atoms with Crippen LogP contribution in [0.2, 0.25) is 18.1 Å². The quantitative estimate of drug-likeness (QED) is 0.417. The SMILES string of the molecule is CC(C)(C)[Si](C)(C)OC[C@]12C=CC3O[C@@H]4C(Br)[C@H]1C[C@@H]4C32. The monoisotopic (exact) mass is 370 g/mol. The predicted molar refractivity (Wildman–Crippen MR) is 91.2 cm³/mol. The molecule has 4 rings (SSSR count). The molecule has 0 amide bonds. The van der Waals surface area contributed by atoms with E-state index in [-0.39, 0.29) is 10.5 Å². The van der Waals surface area contributed by atoms with E-state index in [9.17, 15) is 0 Å². The molecule has 3 fully saturated rings. The first-order chi connectivity index (χ1) is 9.67. The van der Waals surface area contributed by atoms with Gasteiger partial charge in [-0.1, -0.05) is 48.9 Å². The molecule has 4 aliphatic rings. The van der Waals surface area contributed by atoms with Gasteiger partial charge in [-0.15, -0.1) is 0 Å². The van der Waals surface area contributed by atoms with E-state index in [0.717, 1.165) is 12.5 Å². The molecule has 4 heteroatoms. The molecule has 0 aromatic carbocycles. The summed E-state index contributed by atoms with van der Waals surface area (Å²) in [4.78, 5) is 0.525. The van der Waals surface area contributed by atoms with Crippen molar-refractivity contribution in [1.29, 1.82) is 0 Å². The standard InChI is InChI=1S/C17H27BrO2Si/c1-16(2,3)21(4,5)19-9-17-7-6-12-13(17)10-8-11(17)14(18)15(10)20-12/h6-7,10-15H,8-9H2,1-5H3/t10-,11-,12?,13?,14?,15+,17-/m1/s1. The molecular weight excluding hydrogens is 344 g/mol. The highest BCUT2D eigenvalue weighted by Gasteiger charge is 2.72. The maximum atomic E-state index is 6.66. The largest absolute Gasteiger partial charge is 0.416 e. The van der Waals surface area contributed by atoms with Crippen LogP contribution < -0.4 is 0 Å². The minimum Gasteiger partial charge on any atom is -0.416 e. The van der Waals surface area contributed by atoms with E-state index in [4.69, 9.17) is 9.16 Å². The van der Waals surface area contributed by atoms with Crippen LogP contribution in [-0.4, -0.2) is 32.0 Å². The Balaban J connectivity index is 1.60. The van der Waals surface area contributed by atoms with Gasteiger partial charge in [0.25, 0.3) is 0 Å². The van der Waals surface area contributed by atoms with Gasteiger partial charge in [0, 0.05) is 22.8 Å². The molecule has 7 atom stereocenters. The van der Waals surface area contributed by atoms with E-state index < -0.39 is 8.32 Å². The fourth-order valence-corrected chi connectivity index (χ4v) is 7.24. The fourth-order valence-electron chi connectivity index (χ4n) is 4.97. The first-order valence-corrected chi connectivity index (χ1v) is 12.1. The zero-order valence-electron chi connectivity index (χ0n) is 13.7. The number of rotatable bonds is 3. The van der Waals surface area contributed by atoms with Gasteiger partial charge in [-0.2, -0.15) is 0 Å². The van der Waals surface area contributed by atoms with Crippen molar-refractivity contribution in [2.45, 2.75) is 62.4 Å². The number of ether oxygens (including phenoxy) is 1. The summed E-state index contributed by atoms with van der Waals surface area (Å²) < 4.78 is 13.0. The van der Waals surface area contributed by atoms with Crippen LogP contribution in [0.4, 0.5) is 0 Å². The van der Waals surface area contributed by atoms with Gasteiger partial charge in [-0.05, 0) is 36.4 Å². The molecule has 3 aliphatic carbocycles. The van der Waals surface area contributed by atoms with Crippen LogP contribution in [0.15, 0.2) is 12.2 Å². The van der Waals surface area contributed by atoms with Gasteiger partial charge in [-0.25, -0.2) is 0 Å². The normalized spacial score (nSPS) is 50.4. The Morgan fingerprint density at radius 3 is 2.76 bits per heavy atom. The van der Waals surface area contributed by atoms with Crippen LogP contribution in [-0.2, 0) is 9.16 Å². The molecule has 0 radical (unpaired) electrons. The molecule has 0 aromatic rings. The third kappa shape index (κ3) is 1.76. The Morgan fingerprint density at radius 1 is 1.38 bits per heavy atom. The number of alkyl halides is 1. The molecule has 118 valence electrons. The molecule has 1 aliphatic heterocycles. The molecule has 2 nitrogen and oxygen atoms in total. The smallest absolute Gasteiger partial charge is 0.192 e. The lowest BCUT2D eigenvalue weighted by Crippen LogP contribution is -2.49. The third-order valence-electron chi connectivity index (χ3n) is 7.17. The van der Waals surface area contributed by atoms with Crippen molar-refractivity contribution in [1.82, 2.24) is 0 Å². The topological polar surface area (TPSA) is 18.5 Å². The minimum absolute atomic E-state index is 0.242. The average molecular weight is 371 g/mol. The lowest BCUT2D eigenvalue weighted by Gasteiger charge is -2.44. The van der Waals surface area contributed by atoms with Crippen LogP contribution >= 0.6 is 15.9 Å². The molecule has 0 N–H and O–H groups in total. The van der Waals surface area contributed by atoms with Crippen LogP contribution in [0.25, 0.3) is 0 Å². The van der Waals surface area contributed by atoms with Crippen LogP contribution in [0.1, 0.15) is 27.2 Å². The summed E-state index contributed by atoms with van der Waals surface area (Å²) in [6, 6.07) is 0.